The Morgan fingerprint density at radius 3 is 2.38 bits per heavy atom. The highest BCUT2D eigenvalue weighted by Crippen LogP contribution is 2.35. The van der Waals surface area contributed by atoms with Crippen molar-refractivity contribution in [3.63, 3.8) is 0 Å². The molecule has 168 valence electrons. The molecule has 0 aliphatic carbocycles. The fraction of sp³-hybridized carbons (Fsp3) is 0.227. The predicted octanol–water partition coefficient (Wildman–Crippen LogP) is 3.32. The lowest BCUT2D eigenvalue weighted by molar-refractivity contribution is -0.122. The molecule has 1 aliphatic heterocycles. The number of benzene rings is 2. The first-order valence-corrected chi connectivity index (χ1v) is 10.3. The van der Waals surface area contributed by atoms with Crippen LogP contribution in [0.4, 0.5) is 9.18 Å². The highest BCUT2D eigenvalue weighted by Gasteiger charge is 2.35. The molecule has 2 aromatic rings. The smallest absolute Gasteiger partial charge is 0.293 e. The van der Waals surface area contributed by atoms with Gasteiger partial charge in [-0.25, -0.2) is 4.39 Å². The highest BCUT2D eigenvalue weighted by atomic mass is 32.2. The summed E-state index contributed by atoms with van der Waals surface area (Å²) in [5.41, 5.74) is 0.422. The van der Waals surface area contributed by atoms with Crippen LogP contribution in [-0.2, 0) is 4.79 Å². The van der Waals surface area contributed by atoms with Crippen LogP contribution in [-0.4, -0.2) is 56.4 Å². The maximum absolute atomic E-state index is 13.8. The molecule has 1 aliphatic rings. The Kier molecular flexibility index (Phi) is 7.37. The van der Waals surface area contributed by atoms with Crippen molar-refractivity contribution in [3.05, 3.63) is 58.2 Å². The van der Waals surface area contributed by atoms with Gasteiger partial charge >= 0.3 is 0 Å². The molecule has 1 fully saturated rings. The Hall–Kier alpha value is -3.53. The van der Waals surface area contributed by atoms with Gasteiger partial charge in [-0.1, -0.05) is 18.2 Å². The van der Waals surface area contributed by atoms with E-state index in [1.807, 2.05) is 0 Å². The first-order valence-electron chi connectivity index (χ1n) is 9.47. The van der Waals surface area contributed by atoms with Crippen molar-refractivity contribution >= 4 is 34.9 Å². The topological polar surface area (TPSA) is 94.2 Å². The molecule has 32 heavy (non-hydrogen) atoms. The molecule has 3 rings (SSSR count). The minimum absolute atomic E-state index is 0.0152. The third kappa shape index (κ3) is 4.86. The minimum atomic E-state index is -0.541. The monoisotopic (exact) mass is 460 g/mol. The van der Waals surface area contributed by atoms with E-state index in [1.54, 1.807) is 6.07 Å². The van der Waals surface area contributed by atoms with Gasteiger partial charge in [0, 0.05) is 30.8 Å². The van der Waals surface area contributed by atoms with Crippen LogP contribution >= 0.6 is 11.8 Å². The van der Waals surface area contributed by atoms with Gasteiger partial charge in [0.25, 0.3) is 17.1 Å². The number of halogens is 1. The van der Waals surface area contributed by atoms with Gasteiger partial charge in [-0.15, -0.1) is 0 Å². The Morgan fingerprint density at radius 2 is 1.72 bits per heavy atom. The van der Waals surface area contributed by atoms with Gasteiger partial charge in [-0.05, 0) is 23.9 Å². The van der Waals surface area contributed by atoms with Gasteiger partial charge in [0.1, 0.15) is 11.6 Å². The molecule has 0 aromatic heterocycles. The molecule has 3 amide bonds. The van der Waals surface area contributed by atoms with Crippen LogP contribution in [0, 0.1) is 5.82 Å². The van der Waals surface area contributed by atoms with Crippen LogP contribution in [0.25, 0.3) is 6.08 Å². The number of thioether (sulfide) groups is 1. The second-order valence-corrected chi connectivity index (χ2v) is 7.51. The van der Waals surface area contributed by atoms with Crippen molar-refractivity contribution in [1.29, 1.82) is 0 Å². The Labute approximate surface area is 188 Å². The van der Waals surface area contributed by atoms with Crippen LogP contribution in [0.1, 0.15) is 15.9 Å². The summed E-state index contributed by atoms with van der Waals surface area (Å²) >= 11 is 0.724. The second-order valence-electron chi connectivity index (χ2n) is 6.52. The van der Waals surface area contributed by atoms with Crippen LogP contribution in [0.3, 0.4) is 0 Å². The summed E-state index contributed by atoms with van der Waals surface area (Å²) in [4.78, 5) is 38.6. The summed E-state index contributed by atoms with van der Waals surface area (Å²) in [7, 11) is 4.33. The number of hydrogen-bond acceptors (Lipinski definition) is 7. The average Bonchev–Trinajstić information content (AvgIpc) is 3.06. The summed E-state index contributed by atoms with van der Waals surface area (Å²) in [5, 5.41) is 2.16. The maximum atomic E-state index is 13.8. The standard InChI is InChI=1S/C22H21FN2O6S/c1-29-16-12-18(31-3)17(30-2)11-14(16)20(26)24-8-9-25-21(27)19(32-22(25)28)10-13-6-4-5-7-15(13)23/h4-7,10-12H,8-9H2,1-3H3,(H,24,26)/b19-10-. The molecule has 1 heterocycles. The lowest BCUT2D eigenvalue weighted by Gasteiger charge is -2.15. The number of nitrogens with one attached hydrogen (secondary N) is 1. The van der Waals surface area contributed by atoms with Gasteiger partial charge in [0.2, 0.25) is 0 Å². The molecule has 2 aromatic carbocycles. The molecule has 1 saturated heterocycles. The largest absolute Gasteiger partial charge is 0.496 e. The third-order valence-corrected chi connectivity index (χ3v) is 5.54. The number of nitrogens with zero attached hydrogens (tertiary/aromatic N) is 1. The van der Waals surface area contributed by atoms with Crippen molar-refractivity contribution in [2.45, 2.75) is 0 Å². The van der Waals surface area contributed by atoms with Crippen molar-refractivity contribution in [3.8, 4) is 17.2 Å². The number of amides is 3. The summed E-state index contributed by atoms with van der Waals surface area (Å²) in [6, 6.07) is 8.96. The molecular weight excluding hydrogens is 439 g/mol. The number of hydrogen-bond donors (Lipinski definition) is 1. The highest BCUT2D eigenvalue weighted by molar-refractivity contribution is 8.18. The van der Waals surface area contributed by atoms with Crippen LogP contribution in [0.5, 0.6) is 17.2 Å². The fourth-order valence-corrected chi connectivity index (χ4v) is 3.87. The van der Waals surface area contributed by atoms with E-state index < -0.39 is 22.9 Å². The van der Waals surface area contributed by atoms with Crippen molar-refractivity contribution in [2.75, 3.05) is 34.4 Å². The SMILES string of the molecule is COc1cc(OC)c(C(=O)NCCN2C(=O)S/C(=C\c3ccccc3F)C2=O)cc1OC. The van der Waals surface area contributed by atoms with Gasteiger partial charge in [0.15, 0.2) is 11.5 Å². The van der Waals surface area contributed by atoms with E-state index in [0.717, 1.165) is 16.7 Å². The van der Waals surface area contributed by atoms with E-state index in [2.05, 4.69) is 5.32 Å². The van der Waals surface area contributed by atoms with Gasteiger partial charge < -0.3 is 19.5 Å². The van der Waals surface area contributed by atoms with Gasteiger partial charge in [-0.3, -0.25) is 19.3 Å². The molecule has 0 atom stereocenters. The quantitative estimate of drug-likeness (QED) is 0.604. The normalized spacial score (nSPS) is 14.6. The Bertz CT molecular complexity index is 1090. The summed E-state index contributed by atoms with van der Waals surface area (Å²) in [6.07, 6.45) is 1.34. The van der Waals surface area contributed by atoms with E-state index in [-0.39, 0.29) is 34.9 Å². The van der Waals surface area contributed by atoms with Crippen molar-refractivity contribution in [2.24, 2.45) is 0 Å². The number of imide groups is 1. The lowest BCUT2D eigenvalue weighted by Crippen LogP contribution is -2.37. The van der Waals surface area contributed by atoms with Gasteiger partial charge in [0.05, 0.1) is 31.8 Å². The second kappa shape index (κ2) is 10.2. The first kappa shape index (κ1) is 23.1. The fourth-order valence-electron chi connectivity index (χ4n) is 3.01. The molecule has 10 heteroatoms. The van der Waals surface area contributed by atoms with E-state index >= 15 is 0 Å². The summed E-state index contributed by atoms with van der Waals surface area (Å²) in [5.74, 6) is -0.476. The van der Waals surface area contributed by atoms with Crippen molar-refractivity contribution < 1.29 is 33.0 Å². The number of rotatable bonds is 8. The number of methoxy groups -OCH3 is 3. The van der Waals surface area contributed by atoms with Crippen LogP contribution < -0.4 is 19.5 Å². The summed E-state index contributed by atoms with van der Waals surface area (Å²) in [6.45, 7) is -0.0258. The zero-order chi connectivity index (χ0) is 23.3. The maximum Gasteiger partial charge on any atom is 0.293 e. The molecule has 8 nitrogen and oxygen atoms in total. The molecule has 0 bridgehead atoms. The van der Waals surface area contributed by atoms with Crippen molar-refractivity contribution in [1.82, 2.24) is 10.2 Å². The molecular formula is C22H21FN2O6S. The number of ether oxygens (including phenoxy) is 3. The Balaban J connectivity index is 1.66. The molecule has 0 unspecified atom stereocenters. The van der Waals surface area contributed by atoms with Gasteiger partial charge in [-0.2, -0.15) is 0 Å². The van der Waals surface area contributed by atoms with Crippen LogP contribution in [0.15, 0.2) is 41.3 Å². The Morgan fingerprint density at radius 1 is 1.06 bits per heavy atom. The van der Waals surface area contributed by atoms with Crippen LogP contribution in [0.2, 0.25) is 0 Å². The van der Waals surface area contributed by atoms with E-state index in [4.69, 9.17) is 14.2 Å². The van der Waals surface area contributed by atoms with E-state index in [9.17, 15) is 18.8 Å². The molecule has 0 spiro atoms. The van der Waals surface area contributed by atoms with E-state index in [1.165, 1.54) is 57.7 Å². The number of carbonyl (C=O) groups is 3. The lowest BCUT2D eigenvalue weighted by atomic mass is 10.1. The molecule has 0 radical (unpaired) electrons. The first-order chi connectivity index (χ1) is 15.4. The number of carbonyl (C=O) groups excluding carboxylic acids is 3. The predicted molar refractivity (Wildman–Crippen MR) is 118 cm³/mol. The molecule has 0 saturated carbocycles. The minimum Gasteiger partial charge on any atom is -0.496 e. The zero-order valence-electron chi connectivity index (χ0n) is 17.6. The molecule has 1 N–H and O–H groups in total. The summed E-state index contributed by atoms with van der Waals surface area (Å²) < 4.78 is 29.5. The third-order valence-electron chi connectivity index (χ3n) is 4.64. The zero-order valence-corrected chi connectivity index (χ0v) is 18.5. The van der Waals surface area contributed by atoms with E-state index in [0.29, 0.717) is 11.5 Å². The average molecular weight is 460 g/mol.